The lowest BCUT2D eigenvalue weighted by Gasteiger charge is -2.06. The van der Waals surface area contributed by atoms with E-state index in [0.717, 1.165) is 5.56 Å². The fourth-order valence-electron chi connectivity index (χ4n) is 1.46. The zero-order valence-electron chi connectivity index (χ0n) is 9.98. The monoisotopic (exact) mass is 234 g/mol. The van der Waals surface area contributed by atoms with Crippen molar-refractivity contribution in [2.75, 3.05) is 0 Å². The van der Waals surface area contributed by atoms with Crippen molar-refractivity contribution in [2.45, 2.75) is 26.8 Å². The van der Waals surface area contributed by atoms with E-state index in [1.54, 1.807) is 6.07 Å². The number of hydrogen-bond donors (Lipinski definition) is 1. The minimum Gasteiger partial charge on any atom is -0.387 e. The van der Waals surface area contributed by atoms with Gasteiger partial charge in [-0.15, -0.1) is 0 Å². The molecule has 1 heterocycles. The van der Waals surface area contributed by atoms with Crippen molar-refractivity contribution in [1.29, 1.82) is 0 Å². The fraction of sp³-hybridized carbons (Fsp3) is 0.333. The molecular weight excluding hydrogens is 220 g/mol. The smallest absolute Gasteiger partial charge is 0.387 e. The Hall–Kier alpha value is -2.04. The Morgan fingerprint density at radius 1 is 1.47 bits per heavy atom. The molecule has 1 aromatic carbocycles. The molecule has 0 unspecified atom stereocenters. The van der Waals surface area contributed by atoms with E-state index in [4.69, 9.17) is 9.26 Å². The summed E-state index contributed by atoms with van der Waals surface area (Å²) in [5.41, 5.74) is 1.65. The van der Waals surface area contributed by atoms with Crippen molar-refractivity contribution in [1.82, 2.24) is 10.5 Å². The number of carbonyl (C=O) groups is 1. The maximum atomic E-state index is 11.4. The SMILES string of the molecule is Cc1ccc2onc(OC(=O)NC(C)C)c2c1. The molecule has 0 spiro atoms. The molecule has 5 nitrogen and oxygen atoms in total. The summed E-state index contributed by atoms with van der Waals surface area (Å²) >= 11 is 0. The van der Waals surface area contributed by atoms with E-state index in [1.807, 2.05) is 32.9 Å². The number of aryl methyl sites for hydroxylation is 1. The summed E-state index contributed by atoms with van der Waals surface area (Å²) in [6.07, 6.45) is -0.531. The minimum absolute atomic E-state index is 0.0161. The molecule has 17 heavy (non-hydrogen) atoms. The van der Waals surface area contributed by atoms with Crippen LogP contribution >= 0.6 is 0 Å². The van der Waals surface area contributed by atoms with E-state index in [0.29, 0.717) is 11.0 Å². The number of nitrogens with zero attached hydrogens (tertiary/aromatic N) is 1. The maximum absolute atomic E-state index is 11.4. The molecule has 2 aromatic rings. The van der Waals surface area contributed by atoms with Gasteiger partial charge in [-0.3, -0.25) is 0 Å². The molecule has 90 valence electrons. The van der Waals surface area contributed by atoms with Gasteiger partial charge in [0.15, 0.2) is 5.58 Å². The Balaban J connectivity index is 2.24. The van der Waals surface area contributed by atoms with Crippen LogP contribution in [0.2, 0.25) is 0 Å². The lowest BCUT2D eigenvalue weighted by atomic mass is 10.2. The van der Waals surface area contributed by atoms with Gasteiger partial charge in [-0.1, -0.05) is 11.6 Å². The van der Waals surface area contributed by atoms with Gasteiger partial charge in [-0.2, -0.15) is 0 Å². The molecule has 1 amide bonds. The molecule has 1 N–H and O–H groups in total. The number of carbonyl (C=O) groups excluding carboxylic acids is 1. The zero-order valence-corrected chi connectivity index (χ0v) is 9.98. The van der Waals surface area contributed by atoms with E-state index in [2.05, 4.69) is 10.5 Å². The van der Waals surface area contributed by atoms with Gasteiger partial charge in [0.05, 0.1) is 5.39 Å². The number of ether oxygens (including phenoxy) is 1. The van der Waals surface area contributed by atoms with Crippen molar-refractivity contribution in [3.63, 3.8) is 0 Å². The third-order valence-electron chi connectivity index (χ3n) is 2.19. The maximum Gasteiger partial charge on any atom is 0.414 e. The van der Waals surface area contributed by atoms with Crippen LogP contribution in [0.25, 0.3) is 11.0 Å². The van der Waals surface area contributed by atoms with Gasteiger partial charge in [0, 0.05) is 6.04 Å². The number of fused-ring (bicyclic) bond motifs is 1. The minimum atomic E-state index is -0.531. The van der Waals surface area contributed by atoms with Crippen molar-refractivity contribution in [2.24, 2.45) is 0 Å². The summed E-state index contributed by atoms with van der Waals surface area (Å²) in [6, 6.07) is 5.59. The fourth-order valence-corrected chi connectivity index (χ4v) is 1.46. The third-order valence-corrected chi connectivity index (χ3v) is 2.19. The van der Waals surface area contributed by atoms with Gasteiger partial charge >= 0.3 is 6.09 Å². The summed E-state index contributed by atoms with van der Waals surface area (Å²) in [4.78, 5) is 11.4. The predicted molar refractivity (Wildman–Crippen MR) is 63.0 cm³/mol. The van der Waals surface area contributed by atoms with Gasteiger partial charge in [0.25, 0.3) is 5.88 Å². The van der Waals surface area contributed by atoms with Gasteiger partial charge in [0.2, 0.25) is 0 Å². The first-order valence-corrected chi connectivity index (χ1v) is 5.40. The van der Waals surface area contributed by atoms with E-state index in [-0.39, 0.29) is 11.9 Å². The molecule has 0 fully saturated rings. The second-order valence-corrected chi connectivity index (χ2v) is 4.18. The van der Waals surface area contributed by atoms with Gasteiger partial charge in [-0.25, -0.2) is 4.79 Å². The second kappa shape index (κ2) is 4.45. The van der Waals surface area contributed by atoms with Crippen LogP contribution in [0.5, 0.6) is 5.88 Å². The molecule has 0 atom stereocenters. The molecule has 0 radical (unpaired) electrons. The number of nitrogens with one attached hydrogen (secondary N) is 1. The molecule has 2 rings (SSSR count). The normalized spacial score (nSPS) is 10.8. The van der Waals surface area contributed by atoms with Gasteiger partial charge < -0.3 is 14.6 Å². The van der Waals surface area contributed by atoms with Gasteiger partial charge in [-0.05, 0) is 38.1 Å². The molecule has 0 saturated heterocycles. The first-order valence-electron chi connectivity index (χ1n) is 5.40. The van der Waals surface area contributed by atoms with Crippen LogP contribution < -0.4 is 10.1 Å². The van der Waals surface area contributed by atoms with Gasteiger partial charge in [0.1, 0.15) is 0 Å². The molecule has 0 aliphatic heterocycles. The number of benzene rings is 1. The summed E-state index contributed by atoms with van der Waals surface area (Å²) in [5.74, 6) is 0.196. The first-order chi connectivity index (χ1) is 8.06. The Kier molecular flexibility index (Phi) is 2.99. The Morgan fingerprint density at radius 2 is 2.24 bits per heavy atom. The summed E-state index contributed by atoms with van der Waals surface area (Å²) < 4.78 is 10.1. The molecule has 1 aromatic heterocycles. The molecule has 0 aliphatic rings. The quantitative estimate of drug-likeness (QED) is 0.867. The highest BCUT2D eigenvalue weighted by Crippen LogP contribution is 2.25. The Bertz CT molecular complexity index is 546. The average Bonchev–Trinajstić information content (AvgIpc) is 2.60. The molecule has 0 aliphatic carbocycles. The zero-order chi connectivity index (χ0) is 12.4. The van der Waals surface area contributed by atoms with Crippen LogP contribution in [0.15, 0.2) is 22.7 Å². The molecule has 5 heteroatoms. The predicted octanol–water partition coefficient (Wildman–Crippen LogP) is 2.63. The second-order valence-electron chi connectivity index (χ2n) is 4.18. The summed E-state index contributed by atoms with van der Waals surface area (Å²) in [6.45, 7) is 5.66. The first kappa shape index (κ1) is 11.4. The van der Waals surface area contributed by atoms with Crippen molar-refractivity contribution >= 4 is 17.1 Å². The standard InChI is InChI=1S/C12H14N2O3/c1-7(2)13-12(15)16-11-9-6-8(3)4-5-10(9)17-14-11/h4-7H,1-3H3,(H,13,15). The molecule has 0 bridgehead atoms. The highest BCUT2D eigenvalue weighted by atomic mass is 16.6. The lowest BCUT2D eigenvalue weighted by molar-refractivity contribution is 0.194. The van der Waals surface area contributed by atoms with Crippen LogP contribution in [0.3, 0.4) is 0 Å². The number of amides is 1. The van der Waals surface area contributed by atoms with Crippen molar-refractivity contribution in [3.05, 3.63) is 23.8 Å². The Labute approximate surface area is 98.7 Å². The van der Waals surface area contributed by atoms with E-state index >= 15 is 0 Å². The molecule has 0 saturated carbocycles. The number of rotatable bonds is 2. The Morgan fingerprint density at radius 3 is 2.94 bits per heavy atom. The lowest BCUT2D eigenvalue weighted by Crippen LogP contribution is -2.32. The largest absolute Gasteiger partial charge is 0.414 e. The summed E-state index contributed by atoms with van der Waals surface area (Å²) in [5, 5.41) is 7.04. The van der Waals surface area contributed by atoms with Crippen LogP contribution in [0.4, 0.5) is 4.79 Å². The van der Waals surface area contributed by atoms with Crippen molar-refractivity contribution < 1.29 is 14.1 Å². The number of hydrogen-bond acceptors (Lipinski definition) is 4. The van der Waals surface area contributed by atoms with Crippen LogP contribution in [0.1, 0.15) is 19.4 Å². The average molecular weight is 234 g/mol. The van der Waals surface area contributed by atoms with Crippen LogP contribution in [-0.2, 0) is 0 Å². The van der Waals surface area contributed by atoms with E-state index in [9.17, 15) is 4.79 Å². The highest BCUT2D eigenvalue weighted by Gasteiger charge is 2.13. The topological polar surface area (TPSA) is 64.4 Å². The third kappa shape index (κ3) is 2.55. The highest BCUT2D eigenvalue weighted by molar-refractivity contribution is 5.85. The van der Waals surface area contributed by atoms with E-state index in [1.165, 1.54) is 0 Å². The summed E-state index contributed by atoms with van der Waals surface area (Å²) in [7, 11) is 0. The van der Waals surface area contributed by atoms with Crippen LogP contribution in [-0.4, -0.2) is 17.3 Å². The molecular formula is C12H14N2O3. The van der Waals surface area contributed by atoms with E-state index < -0.39 is 6.09 Å². The van der Waals surface area contributed by atoms with Crippen LogP contribution in [0, 0.1) is 6.92 Å². The van der Waals surface area contributed by atoms with Crippen molar-refractivity contribution in [3.8, 4) is 5.88 Å². The number of aromatic nitrogens is 1.